The molecule has 1 unspecified atom stereocenters. The van der Waals surface area contributed by atoms with E-state index in [1.807, 2.05) is 0 Å². The molecule has 0 aromatic carbocycles. The molecule has 0 bridgehead atoms. The number of nitriles is 1. The molecule has 1 aliphatic carbocycles. The Morgan fingerprint density at radius 3 is 2.45 bits per heavy atom. The molecular weight excluding hydrogens is 250 g/mol. The van der Waals surface area contributed by atoms with Gasteiger partial charge in [0, 0.05) is 19.0 Å². The summed E-state index contributed by atoms with van der Waals surface area (Å²) in [7, 11) is 2.06. The van der Waals surface area contributed by atoms with Crippen LogP contribution in [0.1, 0.15) is 52.4 Å². The van der Waals surface area contributed by atoms with Crippen molar-refractivity contribution in [2.45, 2.75) is 57.9 Å². The molecule has 1 amide bonds. The summed E-state index contributed by atoms with van der Waals surface area (Å²) in [6.45, 7) is 6.12. The number of amides is 1. The van der Waals surface area contributed by atoms with Gasteiger partial charge in [0.2, 0.25) is 5.91 Å². The molecule has 2 rings (SSSR count). The van der Waals surface area contributed by atoms with E-state index in [0.717, 1.165) is 45.2 Å². The molecule has 1 atom stereocenters. The molecule has 4 nitrogen and oxygen atoms in total. The minimum absolute atomic E-state index is 0.0566. The van der Waals surface area contributed by atoms with Crippen molar-refractivity contribution in [3.05, 3.63) is 0 Å². The molecule has 112 valence electrons. The molecule has 0 radical (unpaired) electrons. The van der Waals surface area contributed by atoms with Crippen LogP contribution in [0.4, 0.5) is 0 Å². The highest BCUT2D eigenvalue weighted by atomic mass is 16.2. The highest BCUT2D eigenvalue weighted by molar-refractivity contribution is 5.80. The first-order valence-corrected chi connectivity index (χ1v) is 7.80. The topological polar surface area (TPSA) is 56.1 Å². The molecule has 1 N–H and O–H groups in total. The van der Waals surface area contributed by atoms with E-state index in [9.17, 15) is 10.1 Å². The number of hydrogen-bond donors (Lipinski definition) is 1. The zero-order valence-electron chi connectivity index (χ0n) is 13.0. The monoisotopic (exact) mass is 277 g/mol. The van der Waals surface area contributed by atoms with Crippen LogP contribution in [0.3, 0.4) is 0 Å². The lowest BCUT2D eigenvalue weighted by Crippen LogP contribution is -2.56. The quantitative estimate of drug-likeness (QED) is 0.842. The highest BCUT2D eigenvalue weighted by Crippen LogP contribution is 2.41. The fourth-order valence-electron chi connectivity index (χ4n) is 3.57. The van der Waals surface area contributed by atoms with Crippen LogP contribution in [0.2, 0.25) is 0 Å². The fourth-order valence-corrected chi connectivity index (χ4v) is 3.57. The van der Waals surface area contributed by atoms with Crippen LogP contribution < -0.4 is 5.32 Å². The predicted octanol–water partition coefficient (Wildman–Crippen LogP) is 2.31. The van der Waals surface area contributed by atoms with Gasteiger partial charge in [-0.2, -0.15) is 5.26 Å². The highest BCUT2D eigenvalue weighted by Gasteiger charge is 2.42. The van der Waals surface area contributed by atoms with E-state index in [1.54, 1.807) is 0 Å². The first kappa shape index (κ1) is 15.3. The van der Waals surface area contributed by atoms with Gasteiger partial charge in [0.1, 0.15) is 5.54 Å². The zero-order valence-corrected chi connectivity index (χ0v) is 13.0. The lowest BCUT2D eigenvalue weighted by Gasteiger charge is -2.41. The van der Waals surface area contributed by atoms with Crippen molar-refractivity contribution >= 4 is 5.91 Å². The van der Waals surface area contributed by atoms with Gasteiger partial charge in [0.25, 0.3) is 0 Å². The molecule has 2 fully saturated rings. The van der Waals surface area contributed by atoms with E-state index >= 15 is 0 Å². The maximum Gasteiger partial charge on any atom is 0.224 e. The van der Waals surface area contributed by atoms with Gasteiger partial charge in [-0.3, -0.25) is 4.79 Å². The van der Waals surface area contributed by atoms with Crippen LogP contribution in [0.25, 0.3) is 0 Å². The summed E-state index contributed by atoms with van der Waals surface area (Å²) in [5.74, 6) is 0.155. The molecular formula is C16H27N3O. The molecule has 2 aliphatic rings. The standard InChI is InChI=1S/C16H27N3O/c1-15(2)7-5-4-6-13(15)14(20)18-16(12-17)8-10-19(3)11-9-16/h13H,4-11H2,1-3H3,(H,18,20). The number of hydrogen-bond acceptors (Lipinski definition) is 3. The largest absolute Gasteiger partial charge is 0.337 e. The predicted molar refractivity (Wildman–Crippen MR) is 79.0 cm³/mol. The Kier molecular flexibility index (Phi) is 4.39. The lowest BCUT2D eigenvalue weighted by molar-refractivity contribution is -0.132. The molecule has 1 aliphatic heterocycles. The number of nitrogens with one attached hydrogen (secondary N) is 1. The van der Waals surface area contributed by atoms with Gasteiger partial charge in [0.05, 0.1) is 6.07 Å². The van der Waals surface area contributed by atoms with Gasteiger partial charge in [-0.25, -0.2) is 0 Å². The minimum Gasteiger partial charge on any atom is -0.337 e. The van der Waals surface area contributed by atoms with Crippen molar-refractivity contribution < 1.29 is 4.79 Å². The van der Waals surface area contributed by atoms with E-state index in [2.05, 4.69) is 37.2 Å². The van der Waals surface area contributed by atoms with Crippen LogP contribution in [-0.4, -0.2) is 36.5 Å². The summed E-state index contributed by atoms with van der Waals surface area (Å²) in [6.07, 6.45) is 5.88. The van der Waals surface area contributed by atoms with Gasteiger partial charge in [-0.1, -0.05) is 26.7 Å². The van der Waals surface area contributed by atoms with E-state index in [-0.39, 0.29) is 17.2 Å². The lowest BCUT2D eigenvalue weighted by atomic mass is 9.68. The Morgan fingerprint density at radius 2 is 1.90 bits per heavy atom. The first-order valence-electron chi connectivity index (χ1n) is 7.80. The molecule has 1 saturated heterocycles. The van der Waals surface area contributed by atoms with Gasteiger partial charge in [-0.15, -0.1) is 0 Å². The number of nitrogens with zero attached hydrogens (tertiary/aromatic N) is 2. The molecule has 20 heavy (non-hydrogen) atoms. The third kappa shape index (κ3) is 3.15. The van der Waals surface area contributed by atoms with E-state index in [1.165, 1.54) is 6.42 Å². The van der Waals surface area contributed by atoms with Crippen LogP contribution in [0.15, 0.2) is 0 Å². The van der Waals surface area contributed by atoms with Gasteiger partial charge in [0.15, 0.2) is 0 Å². The SMILES string of the molecule is CN1CCC(C#N)(NC(=O)C2CCCCC2(C)C)CC1. The van der Waals surface area contributed by atoms with Crippen molar-refractivity contribution in [2.24, 2.45) is 11.3 Å². The second-order valence-electron chi connectivity index (χ2n) is 7.27. The zero-order chi connectivity index (χ0) is 14.8. The Bertz CT molecular complexity index is 402. The van der Waals surface area contributed by atoms with Crippen molar-refractivity contribution in [3.63, 3.8) is 0 Å². The molecule has 0 aromatic rings. The number of rotatable bonds is 2. The molecule has 1 heterocycles. The van der Waals surface area contributed by atoms with E-state index in [4.69, 9.17) is 0 Å². The summed E-state index contributed by atoms with van der Waals surface area (Å²) in [5, 5.41) is 12.6. The van der Waals surface area contributed by atoms with Crippen LogP contribution >= 0.6 is 0 Å². The third-order valence-corrected chi connectivity index (χ3v) is 5.24. The minimum atomic E-state index is -0.642. The van der Waals surface area contributed by atoms with Crippen LogP contribution in [0.5, 0.6) is 0 Å². The second kappa shape index (κ2) is 5.73. The Morgan fingerprint density at radius 1 is 1.25 bits per heavy atom. The van der Waals surface area contributed by atoms with Gasteiger partial charge in [-0.05, 0) is 38.1 Å². The maximum absolute atomic E-state index is 12.7. The molecule has 0 aromatic heterocycles. The first-order chi connectivity index (χ1) is 9.38. The van der Waals surface area contributed by atoms with Crippen molar-refractivity contribution in [3.8, 4) is 6.07 Å². The summed E-state index contributed by atoms with van der Waals surface area (Å²) in [5.41, 5.74) is -0.582. The Balaban J connectivity index is 2.04. The molecule has 4 heteroatoms. The molecule has 1 saturated carbocycles. The molecule has 0 spiro atoms. The van der Waals surface area contributed by atoms with Crippen molar-refractivity contribution in [1.82, 2.24) is 10.2 Å². The van der Waals surface area contributed by atoms with Gasteiger partial charge >= 0.3 is 0 Å². The number of piperidine rings is 1. The summed E-state index contributed by atoms with van der Waals surface area (Å²) in [4.78, 5) is 14.9. The van der Waals surface area contributed by atoms with Crippen molar-refractivity contribution in [1.29, 1.82) is 5.26 Å². The van der Waals surface area contributed by atoms with Crippen LogP contribution in [0, 0.1) is 22.7 Å². The van der Waals surface area contributed by atoms with E-state index in [0.29, 0.717) is 0 Å². The number of likely N-dealkylation sites (tertiary alicyclic amines) is 1. The Hall–Kier alpha value is -1.08. The summed E-state index contributed by atoms with van der Waals surface area (Å²) in [6, 6.07) is 2.38. The third-order valence-electron chi connectivity index (χ3n) is 5.24. The normalized spacial score (nSPS) is 29.4. The van der Waals surface area contributed by atoms with Crippen molar-refractivity contribution in [2.75, 3.05) is 20.1 Å². The van der Waals surface area contributed by atoms with E-state index < -0.39 is 5.54 Å². The van der Waals surface area contributed by atoms with Crippen LogP contribution in [-0.2, 0) is 4.79 Å². The van der Waals surface area contributed by atoms with Gasteiger partial charge < -0.3 is 10.2 Å². The average molecular weight is 277 g/mol. The Labute approximate surface area is 122 Å². The smallest absolute Gasteiger partial charge is 0.224 e. The second-order valence-corrected chi connectivity index (χ2v) is 7.27. The summed E-state index contributed by atoms with van der Waals surface area (Å²) < 4.78 is 0. The number of carbonyl (C=O) groups is 1. The number of carbonyl (C=O) groups excluding carboxylic acids is 1. The summed E-state index contributed by atoms with van der Waals surface area (Å²) >= 11 is 0. The average Bonchev–Trinajstić information content (AvgIpc) is 2.41. The fraction of sp³-hybridized carbons (Fsp3) is 0.875. The maximum atomic E-state index is 12.7.